The van der Waals surface area contributed by atoms with Gasteiger partial charge in [-0.2, -0.15) is 0 Å². The maximum absolute atomic E-state index is 10.7. The maximum atomic E-state index is 10.7. The van der Waals surface area contributed by atoms with E-state index in [0.29, 0.717) is 48.8 Å². The first-order valence-electron chi connectivity index (χ1n) is 7.82. The van der Waals surface area contributed by atoms with E-state index in [1.165, 1.54) is 58.3 Å². The van der Waals surface area contributed by atoms with Gasteiger partial charge in [0.2, 0.25) is 0 Å². The van der Waals surface area contributed by atoms with Gasteiger partial charge in [0.1, 0.15) is 6.10 Å². The van der Waals surface area contributed by atoms with Crippen LogP contribution >= 0.6 is 0 Å². The van der Waals surface area contributed by atoms with Crippen LogP contribution in [0.5, 0.6) is 0 Å². The van der Waals surface area contributed by atoms with Crippen molar-refractivity contribution in [3.8, 4) is 0 Å². The molecule has 0 aliphatic carbocycles. The summed E-state index contributed by atoms with van der Waals surface area (Å²) in [6.07, 6.45) is 11.7. The number of unbranched alkanes of at least 4 members (excludes halogenated alkanes) is 8. The van der Waals surface area contributed by atoms with E-state index in [-0.39, 0.29) is 0 Å². The molecule has 0 bridgehead atoms. The van der Waals surface area contributed by atoms with Gasteiger partial charge in [0.15, 0.2) is 0 Å². The van der Waals surface area contributed by atoms with E-state index in [0.717, 1.165) is 12.8 Å². The molecule has 0 rings (SSSR count). The molecule has 1 unspecified atom stereocenters. The number of aliphatic hydroxyl groups is 1. The number of carboxylic acids is 1. The van der Waals surface area contributed by atoms with Crippen LogP contribution in [0.1, 0.15) is 78.1 Å². The van der Waals surface area contributed by atoms with Crippen molar-refractivity contribution < 1.29 is 19.8 Å². The van der Waals surface area contributed by atoms with E-state index in [4.69, 9.17) is 10.2 Å². The Morgan fingerprint density at radius 1 is 0.950 bits per heavy atom. The van der Waals surface area contributed by atoms with Crippen molar-refractivity contribution in [3.63, 3.8) is 0 Å². The van der Waals surface area contributed by atoms with E-state index >= 15 is 0 Å². The Hall–Kier alpha value is 0.736. The summed E-state index contributed by atoms with van der Waals surface area (Å²) in [4.78, 5) is 20.2. The number of aliphatic hydroxyl groups excluding tert-OH is 1. The second-order valence-corrected chi connectivity index (χ2v) is 7.04. The molecule has 20 heavy (non-hydrogen) atoms. The molecule has 0 spiro atoms. The van der Waals surface area contributed by atoms with Crippen LogP contribution in [0.25, 0.3) is 0 Å². The van der Waals surface area contributed by atoms with Crippen molar-refractivity contribution in [1.29, 1.82) is 0 Å². The van der Waals surface area contributed by atoms with E-state index in [2.05, 4.69) is 6.92 Å². The molecule has 4 nitrogen and oxygen atoms in total. The van der Waals surface area contributed by atoms with Gasteiger partial charge < -0.3 is 10.2 Å². The molecule has 0 radical (unpaired) electrons. The molecule has 1 atom stereocenters. The van der Waals surface area contributed by atoms with Crippen molar-refractivity contribution in [1.82, 2.24) is 0 Å². The molecule has 0 heterocycles. The molecule has 2 N–H and O–H groups in total. The summed E-state index contributed by atoms with van der Waals surface area (Å²) in [5.74, 6) is -1.19. The quantitative estimate of drug-likeness (QED) is 0.454. The van der Waals surface area contributed by atoms with Crippen molar-refractivity contribution in [2.45, 2.75) is 84.2 Å². The molecule has 0 fully saturated rings. The molecule has 0 aromatic carbocycles. The fourth-order valence-electron chi connectivity index (χ4n) is 1.68. The SMILES string of the molecule is CC(O)C(=O)O.CCCCCCCCCCC[C](=O)[K]. The zero-order chi connectivity index (χ0) is 15.8. The fraction of sp³-hybridized carbons (Fsp3) is 0.867. The van der Waals surface area contributed by atoms with Crippen LogP contribution in [0.3, 0.4) is 0 Å². The summed E-state index contributed by atoms with van der Waals surface area (Å²) >= 11 is 0.424. The number of rotatable bonds is 11. The third-order valence-electron chi connectivity index (χ3n) is 2.99. The summed E-state index contributed by atoms with van der Waals surface area (Å²) < 4.78 is 0.528. The van der Waals surface area contributed by atoms with Crippen LogP contribution in [0.2, 0.25) is 0 Å². The monoisotopic (exact) mass is 312 g/mol. The zero-order valence-corrected chi connectivity index (χ0v) is 16.5. The summed E-state index contributed by atoms with van der Waals surface area (Å²) in [6.45, 7) is 3.45. The van der Waals surface area contributed by atoms with Gasteiger partial charge in [-0.3, -0.25) is 0 Å². The van der Waals surface area contributed by atoms with Gasteiger partial charge in [-0.15, -0.1) is 0 Å². The molecule has 0 aliphatic heterocycles. The molecule has 0 aromatic rings. The Morgan fingerprint density at radius 3 is 1.60 bits per heavy atom. The standard InChI is InChI=1S/C12H23O.C3H6O3.K/c1-2-3-4-5-6-7-8-9-10-11-12-13;1-2(4)3(5)6;/h2-11H2,1H3;2,4H,1H3,(H,5,6);. The van der Waals surface area contributed by atoms with Gasteiger partial charge >= 0.3 is 131 Å². The van der Waals surface area contributed by atoms with Crippen LogP contribution in [0.4, 0.5) is 0 Å². The second kappa shape index (κ2) is 17.8. The van der Waals surface area contributed by atoms with E-state index in [1.54, 1.807) is 0 Å². The second-order valence-electron chi connectivity index (χ2n) is 5.29. The Bertz CT molecular complexity index is 242. The average molecular weight is 312 g/mol. The van der Waals surface area contributed by atoms with E-state index in [1.807, 2.05) is 0 Å². The number of carboxylic acid groups (broad SMARTS) is 1. The predicted octanol–water partition coefficient (Wildman–Crippen LogP) is 3.05. The Morgan fingerprint density at radius 2 is 1.30 bits per heavy atom. The van der Waals surface area contributed by atoms with E-state index < -0.39 is 12.1 Å². The first-order valence-corrected chi connectivity index (χ1v) is 9.38. The molecule has 0 saturated heterocycles. The van der Waals surface area contributed by atoms with E-state index in [9.17, 15) is 9.59 Å². The number of carbonyl (C=O) groups is 2. The van der Waals surface area contributed by atoms with Crippen LogP contribution in [0.15, 0.2) is 0 Å². The Labute approximate surface area is 157 Å². The first-order chi connectivity index (χ1) is 9.41. The third kappa shape index (κ3) is 23.8. The van der Waals surface area contributed by atoms with Crippen molar-refractivity contribution >= 4 is 54.8 Å². The zero-order valence-electron chi connectivity index (χ0n) is 13.4. The van der Waals surface area contributed by atoms with Crippen molar-refractivity contribution in [3.05, 3.63) is 0 Å². The van der Waals surface area contributed by atoms with Gasteiger partial charge in [-0.05, 0) is 6.92 Å². The summed E-state index contributed by atoms with van der Waals surface area (Å²) in [5, 5.41) is 15.8. The minimum atomic E-state index is -1.23. The fourth-order valence-corrected chi connectivity index (χ4v) is 2.24. The van der Waals surface area contributed by atoms with Crippen molar-refractivity contribution in [2.24, 2.45) is 0 Å². The first kappa shape index (κ1) is 23.0. The Balaban J connectivity index is 0. The predicted molar refractivity (Wildman–Crippen MR) is 81.9 cm³/mol. The Kier molecular flexibility index (Phi) is 20.5. The van der Waals surface area contributed by atoms with Gasteiger partial charge in [0, 0.05) is 0 Å². The summed E-state index contributed by atoms with van der Waals surface area (Å²) in [7, 11) is 0. The van der Waals surface area contributed by atoms with Gasteiger partial charge in [-0.25, -0.2) is 4.79 Å². The van der Waals surface area contributed by atoms with Crippen LogP contribution in [-0.2, 0) is 9.59 Å². The number of carbonyl (C=O) groups excluding carboxylic acids is 1. The molecule has 0 aliphatic rings. The van der Waals surface area contributed by atoms with Crippen LogP contribution in [-0.4, -0.2) is 71.1 Å². The minimum absolute atomic E-state index is 0.424. The molecule has 0 amide bonds. The number of hydrogen-bond donors (Lipinski definition) is 2. The number of aliphatic carboxylic acids is 1. The molecule has 114 valence electrons. The number of hydrogen-bond acceptors (Lipinski definition) is 3. The topological polar surface area (TPSA) is 74.6 Å². The summed E-state index contributed by atoms with van der Waals surface area (Å²) in [5.41, 5.74) is 0. The molecular weight excluding hydrogens is 283 g/mol. The van der Waals surface area contributed by atoms with Gasteiger partial charge in [0.25, 0.3) is 0 Å². The normalized spacial score (nSPS) is 11.4. The van der Waals surface area contributed by atoms with Gasteiger partial charge in [-0.1, -0.05) is 0 Å². The van der Waals surface area contributed by atoms with Crippen LogP contribution < -0.4 is 0 Å². The van der Waals surface area contributed by atoms with Crippen molar-refractivity contribution in [2.75, 3.05) is 0 Å². The molecule has 5 heteroatoms. The summed E-state index contributed by atoms with van der Waals surface area (Å²) in [6, 6.07) is 0. The third-order valence-corrected chi connectivity index (χ3v) is 3.77. The molecular formula is C15H29KO4. The molecule has 0 aromatic heterocycles. The molecule has 0 saturated carbocycles. The van der Waals surface area contributed by atoms with Gasteiger partial charge in [0.05, 0.1) is 0 Å². The van der Waals surface area contributed by atoms with Crippen LogP contribution in [0, 0.1) is 0 Å². The average Bonchev–Trinajstić information content (AvgIpc) is 2.37.